The largest absolute Gasteiger partial charge is 0.481 e. The number of hydrogen-bond donors (Lipinski definition) is 2. The van der Waals surface area contributed by atoms with Gasteiger partial charge in [-0.25, -0.2) is 4.79 Å². The lowest BCUT2D eigenvalue weighted by molar-refractivity contribution is -0.247. The molecule has 5 heteroatoms. The van der Waals surface area contributed by atoms with Gasteiger partial charge in [-0.05, 0) is 13.8 Å². The number of carbonyl (C=O) groups is 2. The third kappa shape index (κ3) is 1.16. The standard InChI is InChI=1S/C7H10O5/c1-7(2)3(5(8)9)4(12-7)6(10)11/h3-4H,1-2H3,(H,8,9)(H,10,11)/t3-,4-/m0/s1. The van der Waals surface area contributed by atoms with Crippen LogP contribution in [0.1, 0.15) is 13.8 Å². The number of hydrogen-bond acceptors (Lipinski definition) is 3. The van der Waals surface area contributed by atoms with Gasteiger partial charge in [0.1, 0.15) is 5.92 Å². The molecule has 12 heavy (non-hydrogen) atoms. The zero-order chi connectivity index (χ0) is 9.52. The molecule has 0 bridgehead atoms. The van der Waals surface area contributed by atoms with Gasteiger partial charge in [0.15, 0.2) is 6.10 Å². The Bertz CT molecular complexity index is 232. The number of ether oxygens (including phenoxy) is 1. The molecule has 0 radical (unpaired) electrons. The highest BCUT2D eigenvalue weighted by Crippen LogP contribution is 2.38. The van der Waals surface area contributed by atoms with Gasteiger partial charge in [-0.15, -0.1) is 0 Å². The first-order chi connectivity index (χ1) is 5.36. The molecule has 1 aliphatic heterocycles. The fraction of sp³-hybridized carbons (Fsp3) is 0.714. The predicted octanol–water partition coefficient (Wildman–Crippen LogP) is -0.0508. The smallest absolute Gasteiger partial charge is 0.333 e. The monoisotopic (exact) mass is 174 g/mol. The van der Waals surface area contributed by atoms with Gasteiger partial charge in [-0.2, -0.15) is 0 Å². The summed E-state index contributed by atoms with van der Waals surface area (Å²) < 4.78 is 4.88. The lowest BCUT2D eigenvalue weighted by Gasteiger charge is -2.46. The second-order valence-electron chi connectivity index (χ2n) is 3.30. The highest BCUT2D eigenvalue weighted by atomic mass is 16.6. The van der Waals surface area contributed by atoms with E-state index in [1.807, 2.05) is 0 Å². The maximum Gasteiger partial charge on any atom is 0.333 e. The highest BCUT2D eigenvalue weighted by Gasteiger charge is 2.57. The Morgan fingerprint density at radius 3 is 1.92 bits per heavy atom. The van der Waals surface area contributed by atoms with Crippen LogP contribution >= 0.6 is 0 Å². The van der Waals surface area contributed by atoms with Gasteiger partial charge in [0.25, 0.3) is 0 Å². The van der Waals surface area contributed by atoms with E-state index >= 15 is 0 Å². The summed E-state index contributed by atoms with van der Waals surface area (Å²) in [5.74, 6) is -3.30. The number of carboxylic acid groups (broad SMARTS) is 2. The molecular formula is C7H10O5. The molecule has 0 aromatic rings. The van der Waals surface area contributed by atoms with E-state index in [4.69, 9.17) is 14.9 Å². The number of aliphatic carboxylic acids is 2. The Hall–Kier alpha value is -1.10. The van der Waals surface area contributed by atoms with Crippen LogP contribution in [0.5, 0.6) is 0 Å². The van der Waals surface area contributed by atoms with Crippen LogP contribution in [0, 0.1) is 5.92 Å². The average Bonchev–Trinajstić information content (AvgIpc) is 1.81. The summed E-state index contributed by atoms with van der Waals surface area (Å²) in [5, 5.41) is 17.1. The van der Waals surface area contributed by atoms with E-state index in [1.54, 1.807) is 13.8 Å². The highest BCUT2D eigenvalue weighted by molar-refractivity contribution is 5.84. The Balaban J connectivity index is 2.76. The van der Waals surface area contributed by atoms with Crippen molar-refractivity contribution in [3.63, 3.8) is 0 Å². The molecule has 1 rings (SSSR count). The van der Waals surface area contributed by atoms with Crippen LogP contribution in [0.4, 0.5) is 0 Å². The van der Waals surface area contributed by atoms with Crippen molar-refractivity contribution < 1.29 is 24.5 Å². The van der Waals surface area contributed by atoms with E-state index in [2.05, 4.69) is 0 Å². The molecule has 0 aliphatic carbocycles. The summed E-state index contributed by atoms with van der Waals surface area (Å²) in [6.07, 6.45) is -1.20. The van der Waals surface area contributed by atoms with Gasteiger partial charge in [0.2, 0.25) is 0 Å². The van der Waals surface area contributed by atoms with Crippen molar-refractivity contribution in [2.24, 2.45) is 5.92 Å². The van der Waals surface area contributed by atoms with Crippen LogP contribution in [0.2, 0.25) is 0 Å². The molecule has 2 N–H and O–H groups in total. The summed E-state index contributed by atoms with van der Waals surface area (Å²) in [6, 6.07) is 0. The second-order valence-corrected chi connectivity index (χ2v) is 3.30. The number of rotatable bonds is 2. The van der Waals surface area contributed by atoms with E-state index in [9.17, 15) is 9.59 Å². The number of carboxylic acids is 2. The van der Waals surface area contributed by atoms with Crippen molar-refractivity contribution >= 4 is 11.9 Å². The normalized spacial score (nSPS) is 32.2. The lowest BCUT2D eigenvalue weighted by Crippen LogP contribution is -2.62. The third-order valence-corrected chi connectivity index (χ3v) is 1.99. The van der Waals surface area contributed by atoms with Gasteiger partial charge in [0.05, 0.1) is 5.60 Å². The van der Waals surface area contributed by atoms with Crippen LogP contribution in [-0.4, -0.2) is 33.9 Å². The maximum atomic E-state index is 10.6. The summed E-state index contributed by atoms with van der Waals surface area (Å²) in [6.45, 7) is 3.12. The molecule has 0 unspecified atom stereocenters. The van der Waals surface area contributed by atoms with E-state index in [0.29, 0.717) is 0 Å². The Morgan fingerprint density at radius 1 is 1.25 bits per heavy atom. The van der Waals surface area contributed by atoms with Gasteiger partial charge < -0.3 is 14.9 Å². The molecule has 1 saturated heterocycles. The molecule has 5 nitrogen and oxygen atoms in total. The summed E-state index contributed by atoms with van der Waals surface area (Å²) >= 11 is 0. The zero-order valence-corrected chi connectivity index (χ0v) is 6.77. The Morgan fingerprint density at radius 2 is 1.75 bits per heavy atom. The molecule has 1 heterocycles. The summed E-state index contributed by atoms with van der Waals surface area (Å²) in [4.78, 5) is 21.0. The predicted molar refractivity (Wildman–Crippen MR) is 37.7 cm³/mol. The molecular weight excluding hydrogens is 164 g/mol. The molecule has 0 amide bonds. The topological polar surface area (TPSA) is 83.8 Å². The zero-order valence-electron chi connectivity index (χ0n) is 6.77. The van der Waals surface area contributed by atoms with Crippen LogP contribution in [0.3, 0.4) is 0 Å². The molecule has 1 aliphatic rings. The quantitative estimate of drug-likeness (QED) is 0.613. The van der Waals surface area contributed by atoms with Crippen molar-refractivity contribution in [2.45, 2.75) is 25.6 Å². The molecule has 0 saturated carbocycles. The Kier molecular flexibility index (Phi) is 1.83. The van der Waals surface area contributed by atoms with Crippen molar-refractivity contribution in [3.05, 3.63) is 0 Å². The van der Waals surface area contributed by atoms with Crippen LogP contribution in [-0.2, 0) is 14.3 Å². The van der Waals surface area contributed by atoms with Crippen molar-refractivity contribution in [2.75, 3.05) is 0 Å². The first kappa shape index (κ1) is 8.99. The minimum absolute atomic E-state index is 0.866. The minimum Gasteiger partial charge on any atom is -0.481 e. The molecule has 1 fully saturated rings. The van der Waals surface area contributed by atoms with Gasteiger partial charge in [0, 0.05) is 0 Å². The third-order valence-electron chi connectivity index (χ3n) is 1.99. The fourth-order valence-corrected chi connectivity index (χ4v) is 1.38. The first-order valence-electron chi connectivity index (χ1n) is 3.49. The van der Waals surface area contributed by atoms with Gasteiger partial charge in [-0.3, -0.25) is 4.79 Å². The lowest BCUT2D eigenvalue weighted by atomic mass is 9.79. The molecule has 2 atom stereocenters. The second kappa shape index (κ2) is 2.45. The SMILES string of the molecule is CC1(C)O[C@H](C(=O)O)[C@H]1C(=O)O. The minimum atomic E-state index is -1.22. The van der Waals surface area contributed by atoms with Crippen molar-refractivity contribution in [1.29, 1.82) is 0 Å². The fourth-order valence-electron chi connectivity index (χ4n) is 1.38. The summed E-state index contributed by atoms with van der Waals surface area (Å²) in [5.41, 5.74) is -0.866. The van der Waals surface area contributed by atoms with E-state index in [-0.39, 0.29) is 0 Å². The first-order valence-corrected chi connectivity index (χ1v) is 3.49. The Labute approximate surface area is 68.9 Å². The van der Waals surface area contributed by atoms with Gasteiger partial charge >= 0.3 is 11.9 Å². The summed E-state index contributed by atoms with van der Waals surface area (Å²) in [7, 11) is 0. The van der Waals surface area contributed by atoms with Crippen LogP contribution in [0.25, 0.3) is 0 Å². The van der Waals surface area contributed by atoms with Crippen molar-refractivity contribution in [3.8, 4) is 0 Å². The van der Waals surface area contributed by atoms with Gasteiger partial charge in [-0.1, -0.05) is 0 Å². The van der Waals surface area contributed by atoms with E-state index < -0.39 is 29.6 Å². The molecule has 0 aromatic heterocycles. The van der Waals surface area contributed by atoms with Crippen molar-refractivity contribution in [1.82, 2.24) is 0 Å². The molecule has 0 spiro atoms. The molecule has 0 aromatic carbocycles. The van der Waals surface area contributed by atoms with E-state index in [1.165, 1.54) is 0 Å². The van der Waals surface area contributed by atoms with E-state index in [0.717, 1.165) is 0 Å². The average molecular weight is 174 g/mol. The maximum absolute atomic E-state index is 10.6. The molecule has 68 valence electrons. The van der Waals surface area contributed by atoms with Crippen LogP contribution in [0.15, 0.2) is 0 Å². The van der Waals surface area contributed by atoms with Crippen LogP contribution < -0.4 is 0 Å².